The van der Waals surface area contributed by atoms with Crippen LogP contribution < -0.4 is 15.9 Å². The molecule has 1 fully saturated rings. The van der Waals surface area contributed by atoms with Crippen LogP contribution >= 0.6 is 0 Å². The van der Waals surface area contributed by atoms with E-state index in [2.05, 4.69) is 4.98 Å². The number of carbonyl (C=O) groups is 1. The monoisotopic (exact) mass is 302 g/mol. The molecule has 22 heavy (non-hydrogen) atoms. The number of fused-ring (bicyclic) bond motifs is 1. The molecule has 0 bridgehead atoms. The van der Waals surface area contributed by atoms with Crippen molar-refractivity contribution in [2.45, 2.75) is 38.9 Å². The number of aromatic nitrogens is 1. The number of primary amides is 1. The molecular formula is C15H19BN2O4. The Morgan fingerprint density at radius 2 is 1.82 bits per heavy atom. The van der Waals surface area contributed by atoms with E-state index in [4.69, 9.17) is 19.8 Å². The molecule has 3 rings (SSSR count). The molecule has 1 amide bonds. The van der Waals surface area contributed by atoms with Gasteiger partial charge in [-0.05, 0) is 45.3 Å². The number of rotatable bonds is 2. The number of aromatic amines is 1. The summed E-state index contributed by atoms with van der Waals surface area (Å²) in [4.78, 5) is 14.0. The van der Waals surface area contributed by atoms with Gasteiger partial charge in [0.1, 0.15) is 0 Å². The van der Waals surface area contributed by atoms with Crippen molar-refractivity contribution in [3.8, 4) is 5.75 Å². The molecule has 0 radical (unpaired) electrons. The SMILES string of the molecule is CC1(C)OB(c2ccc(OC(N)=O)c3[nH]ccc23)OC1(C)C. The smallest absolute Gasteiger partial charge is 0.408 e. The van der Waals surface area contributed by atoms with E-state index in [1.54, 1.807) is 12.3 Å². The summed E-state index contributed by atoms with van der Waals surface area (Å²) >= 11 is 0. The molecule has 2 aromatic rings. The molecule has 7 heteroatoms. The van der Waals surface area contributed by atoms with E-state index >= 15 is 0 Å². The van der Waals surface area contributed by atoms with Crippen LogP contribution in [0.3, 0.4) is 0 Å². The molecule has 0 unspecified atom stereocenters. The Balaban J connectivity index is 2.03. The molecule has 2 heterocycles. The number of ether oxygens (including phenoxy) is 1. The summed E-state index contributed by atoms with van der Waals surface area (Å²) in [7, 11) is -0.481. The fraction of sp³-hybridized carbons (Fsp3) is 0.400. The van der Waals surface area contributed by atoms with Gasteiger partial charge >= 0.3 is 13.2 Å². The molecule has 1 aliphatic rings. The normalized spacial score (nSPS) is 19.5. The van der Waals surface area contributed by atoms with E-state index in [-0.39, 0.29) is 0 Å². The molecule has 1 aliphatic heterocycles. The standard InChI is InChI=1S/C15H19BN2O4/c1-14(2)15(3,4)22-16(21-14)10-5-6-11(20-13(17)19)12-9(10)7-8-18-12/h5-8,18H,1-4H3,(H2,17,19). The van der Waals surface area contributed by atoms with Crippen LogP contribution in [0, 0.1) is 0 Å². The Bertz CT molecular complexity index is 722. The van der Waals surface area contributed by atoms with Crippen molar-refractivity contribution in [1.82, 2.24) is 4.98 Å². The average molecular weight is 302 g/mol. The predicted molar refractivity (Wildman–Crippen MR) is 84.2 cm³/mol. The topological polar surface area (TPSA) is 86.6 Å². The van der Waals surface area contributed by atoms with Crippen LogP contribution in [0.1, 0.15) is 27.7 Å². The lowest BCUT2D eigenvalue weighted by atomic mass is 9.77. The van der Waals surface area contributed by atoms with Crippen molar-refractivity contribution in [2.24, 2.45) is 5.73 Å². The van der Waals surface area contributed by atoms with Gasteiger partial charge in [-0.1, -0.05) is 6.07 Å². The van der Waals surface area contributed by atoms with Crippen LogP contribution in [-0.2, 0) is 9.31 Å². The summed E-state index contributed by atoms with van der Waals surface area (Å²) in [6.07, 6.45) is 0.923. The summed E-state index contributed by atoms with van der Waals surface area (Å²) in [5.41, 5.74) is 5.83. The number of amides is 1. The van der Waals surface area contributed by atoms with Gasteiger partial charge in [0.15, 0.2) is 5.75 Å². The van der Waals surface area contributed by atoms with E-state index in [0.29, 0.717) is 11.3 Å². The molecule has 0 spiro atoms. The fourth-order valence-electron chi connectivity index (χ4n) is 2.52. The van der Waals surface area contributed by atoms with E-state index in [1.165, 1.54) is 0 Å². The van der Waals surface area contributed by atoms with Crippen LogP contribution in [0.15, 0.2) is 24.4 Å². The minimum Gasteiger partial charge on any atom is -0.408 e. The number of hydrogen-bond donors (Lipinski definition) is 2. The van der Waals surface area contributed by atoms with E-state index < -0.39 is 24.4 Å². The van der Waals surface area contributed by atoms with Gasteiger partial charge in [0.05, 0.1) is 16.7 Å². The molecule has 1 saturated heterocycles. The van der Waals surface area contributed by atoms with Crippen molar-refractivity contribution in [2.75, 3.05) is 0 Å². The highest BCUT2D eigenvalue weighted by atomic mass is 16.7. The van der Waals surface area contributed by atoms with Gasteiger partial charge in [0.25, 0.3) is 0 Å². The van der Waals surface area contributed by atoms with Gasteiger partial charge in [-0.2, -0.15) is 0 Å². The average Bonchev–Trinajstić information content (AvgIpc) is 2.93. The van der Waals surface area contributed by atoms with Crippen LogP contribution in [-0.4, -0.2) is 29.4 Å². The minimum absolute atomic E-state index is 0.382. The first-order valence-electron chi connectivity index (χ1n) is 7.14. The van der Waals surface area contributed by atoms with Gasteiger partial charge in [-0.3, -0.25) is 0 Å². The number of nitrogens with one attached hydrogen (secondary N) is 1. The van der Waals surface area contributed by atoms with E-state index in [0.717, 1.165) is 10.8 Å². The first-order valence-corrected chi connectivity index (χ1v) is 7.14. The Hall–Kier alpha value is -1.99. The van der Waals surface area contributed by atoms with Gasteiger partial charge in [0, 0.05) is 11.6 Å². The number of carbonyl (C=O) groups excluding carboxylic acids is 1. The maximum Gasteiger partial charge on any atom is 0.495 e. The van der Waals surface area contributed by atoms with Crippen molar-refractivity contribution in [3.63, 3.8) is 0 Å². The maximum atomic E-state index is 11.0. The lowest BCUT2D eigenvalue weighted by Gasteiger charge is -2.32. The largest absolute Gasteiger partial charge is 0.495 e. The number of benzene rings is 1. The molecule has 1 aromatic heterocycles. The zero-order valence-electron chi connectivity index (χ0n) is 13.1. The third-order valence-corrected chi connectivity index (χ3v) is 4.44. The van der Waals surface area contributed by atoms with E-state index in [9.17, 15) is 4.79 Å². The third kappa shape index (κ3) is 2.26. The summed E-state index contributed by atoms with van der Waals surface area (Å²) in [6.45, 7) is 8.02. The number of nitrogens with two attached hydrogens (primary N) is 1. The molecule has 0 atom stereocenters. The highest BCUT2D eigenvalue weighted by Crippen LogP contribution is 2.37. The van der Waals surface area contributed by atoms with Crippen LogP contribution in [0.2, 0.25) is 0 Å². The number of H-pyrrole nitrogens is 1. The van der Waals surface area contributed by atoms with Crippen molar-refractivity contribution < 1.29 is 18.8 Å². The molecular weight excluding hydrogens is 283 g/mol. The fourth-order valence-corrected chi connectivity index (χ4v) is 2.52. The second kappa shape index (κ2) is 4.76. The second-order valence-electron chi connectivity index (χ2n) is 6.43. The summed E-state index contributed by atoms with van der Waals surface area (Å²) in [5, 5.41) is 0.872. The van der Waals surface area contributed by atoms with Crippen LogP contribution in [0.5, 0.6) is 5.75 Å². The quantitative estimate of drug-likeness (QED) is 0.830. The lowest BCUT2D eigenvalue weighted by Crippen LogP contribution is -2.41. The van der Waals surface area contributed by atoms with Crippen molar-refractivity contribution in [3.05, 3.63) is 24.4 Å². The number of hydrogen-bond acceptors (Lipinski definition) is 4. The van der Waals surface area contributed by atoms with Gasteiger partial charge < -0.3 is 24.8 Å². The van der Waals surface area contributed by atoms with Crippen molar-refractivity contribution >= 4 is 29.6 Å². The predicted octanol–water partition coefficient (Wildman–Crippen LogP) is 1.92. The Morgan fingerprint density at radius 1 is 1.18 bits per heavy atom. The van der Waals surface area contributed by atoms with Crippen LogP contribution in [0.4, 0.5) is 4.79 Å². The second-order valence-corrected chi connectivity index (χ2v) is 6.43. The molecule has 6 nitrogen and oxygen atoms in total. The Labute approximate surface area is 129 Å². The summed E-state index contributed by atoms with van der Waals surface area (Å²) < 4.78 is 17.2. The third-order valence-electron chi connectivity index (χ3n) is 4.44. The van der Waals surface area contributed by atoms with Gasteiger partial charge in [-0.15, -0.1) is 0 Å². The highest BCUT2D eigenvalue weighted by molar-refractivity contribution is 6.65. The highest BCUT2D eigenvalue weighted by Gasteiger charge is 2.52. The molecule has 116 valence electrons. The summed E-state index contributed by atoms with van der Waals surface area (Å²) in [5.74, 6) is 0.382. The minimum atomic E-state index is -0.848. The summed E-state index contributed by atoms with van der Waals surface area (Å²) in [6, 6.07) is 5.41. The zero-order chi connectivity index (χ0) is 16.1. The van der Waals surface area contributed by atoms with Gasteiger partial charge in [-0.25, -0.2) is 4.79 Å². The first kappa shape index (κ1) is 14.9. The molecule has 1 aromatic carbocycles. The van der Waals surface area contributed by atoms with Crippen molar-refractivity contribution in [1.29, 1.82) is 0 Å². The lowest BCUT2D eigenvalue weighted by molar-refractivity contribution is 0.00578. The van der Waals surface area contributed by atoms with Gasteiger partial charge in [0.2, 0.25) is 0 Å². The Kier molecular flexibility index (Phi) is 3.23. The zero-order valence-corrected chi connectivity index (χ0v) is 13.1. The van der Waals surface area contributed by atoms with Crippen LogP contribution in [0.25, 0.3) is 10.9 Å². The Morgan fingerprint density at radius 3 is 2.41 bits per heavy atom. The van der Waals surface area contributed by atoms with E-state index in [1.807, 2.05) is 39.8 Å². The maximum absolute atomic E-state index is 11.0. The molecule has 3 N–H and O–H groups in total. The molecule has 0 aliphatic carbocycles. The first-order chi connectivity index (χ1) is 10.2. The molecule has 0 saturated carbocycles.